The summed E-state index contributed by atoms with van der Waals surface area (Å²) in [5.41, 5.74) is 2.66. The maximum atomic E-state index is 13.3. The van der Waals surface area contributed by atoms with Crippen molar-refractivity contribution in [2.24, 2.45) is 11.8 Å². The molecule has 0 bridgehead atoms. The topological polar surface area (TPSA) is 60.8 Å². The maximum absolute atomic E-state index is 13.3. The first kappa shape index (κ1) is 19.6. The van der Waals surface area contributed by atoms with Gasteiger partial charge < -0.3 is 9.47 Å². The number of rotatable bonds is 0. The summed E-state index contributed by atoms with van der Waals surface area (Å²) >= 11 is 0. The molecule has 160 valence electrons. The maximum Gasteiger partial charge on any atom is 0.419 e. The number of nitrogens with zero attached hydrogens (tertiary/aromatic N) is 2. The van der Waals surface area contributed by atoms with Gasteiger partial charge in [-0.25, -0.2) is 9.36 Å². The van der Waals surface area contributed by atoms with Gasteiger partial charge >= 0.3 is 12.1 Å². The molecule has 0 aliphatic carbocycles. The van der Waals surface area contributed by atoms with Gasteiger partial charge in [-0.05, 0) is 58.1 Å². The summed E-state index contributed by atoms with van der Waals surface area (Å²) in [6, 6.07) is 8.24. The second-order valence-corrected chi connectivity index (χ2v) is 10.0. The molecule has 6 nitrogen and oxygen atoms in total. The summed E-state index contributed by atoms with van der Waals surface area (Å²) in [6.07, 6.45) is 1.89. The number of cyclic esters (lactones) is 1. The molecule has 5 rings (SSSR count). The van der Waals surface area contributed by atoms with E-state index in [0.717, 1.165) is 42.5 Å². The molecule has 0 saturated carbocycles. The van der Waals surface area contributed by atoms with E-state index in [1.54, 1.807) is 4.57 Å². The molecule has 2 saturated heterocycles. The number of ether oxygens (including phenoxy) is 2. The molecule has 1 aromatic heterocycles. The Morgan fingerprint density at radius 1 is 1.23 bits per heavy atom. The molecule has 30 heavy (non-hydrogen) atoms. The van der Waals surface area contributed by atoms with Crippen molar-refractivity contribution in [1.29, 1.82) is 0 Å². The smallest absolute Gasteiger partial charge is 0.419 e. The Morgan fingerprint density at radius 3 is 2.77 bits per heavy atom. The molecular formula is C24H30N2O4. The normalized spacial score (nSPS) is 29.0. The van der Waals surface area contributed by atoms with E-state index in [1.165, 1.54) is 5.56 Å². The van der Waals surface area contributed by atoms with Gasteiger partial charge in [-0.15, -0.1) is 0 Å². The molecule has 4 heterocycles. The quantitative estimate of drug-likeness (QED) is 0.606. The first-order valence-electron chi connectivity index (χ1n) is 11.0. The Labute approximate surface area is 177 Å². The molecule has 0 radical (unpaired) electrons. The Balaban J connectivity index is 1.61. The number of aromatic nitrogens is 1. The summed E-state index contributed by atoms with van der Waals surface area (Å²) in [6.45, 7) is 9.58. The van der Waals surface area contributed by atoms with Gasteiger partial charge in [-0.3, -0.25) is 9.69 Å². The highest BCUT2D eigenvalue weighted by Crippen LogP contribution is 2.47. The number of benzene rings is 1. The van der Waals surface area contributed by atoms with E-state index in [9.17, 15) is 9.59 Å². The van der Waals surface area contributed by atoms with E-state index in [4.69, 9.17) is 9.47 Å². The van der Waals surface area contributed by atoms with Crippen LogP contribution in [-0.4, -0.2) is 46.3 Å². The van der Waals surface area contributed by atoms with Crippen molar-refractivity contribution in [3.8, 4) is 0 Å². The van der Waals surface area contributed by atoms with Crippen LogP contribution in [0.3, 0.4) is 0 Å². The van der Waals surface area contributed by atoms with E-state index >= 15 is 0 Å². The number of hydrogen-bond donors (Lipinski definition) is 0. The highest BCUT2D eigenvalue weighted by Gasteiger charge is 2.47. The van der Waals surface area contributed by atoms with Crippen LogP contribution in [0.4, 0.5) is 4.79 Å². The average Bonchev–Trinajstić information content (AvgIpc) is 3.00. The van der Waals surface area contributed by atoms with Gasteiger partial charge in [0.2, 0.25) is 0 Å². The molecule has 2 aromatic rings. The molecule has 4 atom stereocenters. The van der Waals surface area contributed by atoms with Crippen LogP contribution in [0.5, 0.6) is 0 Å². The largest absolute Gasteiger partial charge is 0.462 e. The van der Waals surface area contributed by atoms with Crippen LogP contribution in [0.1, 0.15) is 57.8 Å². The molecule has 0 unspecified atom stereocenters. The molecular weight excluding hydrogens is 380 g/mol. The zero-order valence-corrected chi connectivity index (χ0v) is 18.2. The van der Waals surface area contributed by atoms with Crippen molar-refractivity contribution in [3.63, 3.8) is 0 Å². The molecule has 3 aliphatic heterocycles. The van der Waals surface area contributed by atoms with Gasteiger partial charge in [-0.1, -0.05) is 18.2 Å². The van der Waals surface area contributed by atoms with Gasteiger partial charge in [0.25, 0.3) is 0 Å². The van der Waals surface area contributed by atoms with Crippen LogP contribution in [-0.2, 0) is 20.7 Å². The van der Waals surface area contributed by atoms with Gasteiger partial charge in [0, 0.05) is 30.8 Å². The minimum absolute atomic E-state index is 0.0460. The van der Waals surface area contributed by atoms with Crippen LogP contribution in [0.2, 0.25) is 0 Å². The van der Waals surface area contributed by atoms with E-state index < -0.39 is 5.60 Å². The summed E-state index contributed by atoms with van der Waals surface area (Å²) in [5.74, 6) is 0.555. The number of esters is 1. The van der Waals surface area contributed by atoms with Crippen molar-refractivity contribution in [1.82, 2.24) is 9.47 Å². The number of para-hydroxylation sites is 1. The zero-order chi connectivity index (χ0) is 21.2. The van der Waals surface area contributed by atoms with Gasteiger partial charge in [0.1, 0.15) is 11.7 Å². The van der Waals surface area contributed by atoms with E-state index in [0.29, 0.717) is 18.3 Å². The Morgan fingerprint density at radius 2 is 2.00 bits per heavy atom. The van der Waals surface area contributed by atoms with Crippen molar-refractivity contribution in [2.45, 2.75) is 64.7 Å². The summed E-state index contributed by atoms with van der Waals surface area (Å²) in [7, 11) is 0. The van der Waals surface area contributed by atoms with E-state index in [-0.39, 0.29) is 24.2 Å². The van der Waals surface area contributed by atoms with Crippen molar-refractivity contribution in [3.05, 3.63) is 35.5 Å². The molecule has 0 spiro atoms. The minimum atomic E-state index is -0.566. The monoisotopic (exact) mass is 410 g/mol. The van der Waals surface area contributed by atoms with Gasteiger partial charge in [0.05, 0.1) is 17.3 Å². The average molecular weight is 411 g/mol. The number of hydrogen-bond acceptors (Lipinski definition) is 5. The van der Waals surface area contributed by atoms with Crippen LogP contribution >= 0.6 is 0 Å². The third-order valence-electron chi connectivity index (χ3n) is 6.93. The van der Waals surface area contributed by atoms with Crippen LogP contribution in [0.15, 0.2) is 24.3 Å². The number of carbonyl (C=O) groups excluding carboxylic acids is 2. The SMILES string of the molecule is C[C@H]1OC(=O)C[C@H]2C[C@H]3c4c(c5ccccc5n4C(=O)OC(C)(C)C)CCN3C[C@@H]21. The summed E-state index contributed by atoms with van der Waals surface area (Å²) < 4.78 is 13.1. The van der Waals surface area contributed by atoms with Gasteiger partial charge in [-0.2, -0.15) is 0 Å². The highest BCUT2D eigenvalue weighted by molar-refractivity contribution is 5.94. The van der Waals surface area contributed by atoms with Crippen LogP contribution in [0.25, 0.3) is 10.9 Å². The molecule has 6 heteroatoms. The number of carbonyl (C=O) groups is 2. The summed E-state index contributed by atoms with van der Waals surface area (Å²) in [4.78, 5) is 27.9. The standard InChI is InChI=1S/C24H30N2O4/c1-14-18-13-25-10-9-17-16-7-5-6-8-19(16)26(23(28)30-24(2,3)4)22(17)20(25)11-15(18)12-21(27)29-14/h5-8,14-15,18,20H,9-13H2,1-4H3/t14-,15-,18-,20+/m1/s1. The predicted molar refractivity (Wildman–Crippen MR) is 113 cm³/mol. The Bertz CT molecular complexity index is 1020. The fourth-order valence-electron chi connectivity index (χ4n) is 5.71. The molecule has 0 amide bonds. The molecule has 0 N–H and O–H groups in total. The van der Waals surface area contributed by atoms with Crippen molar-refractivity contribution in [2.75, 3.05) is 13.1 Å². The van der Waals surface area contributed by atoms with Crippen molar-refractivity contribution >= 4 is 23.0 Å². The molecule has 1 aromatic carbocycles. The lowest BCUT2D eigenvalue weighted by Gasteiger charge is -2.49. The third kappa shape index (κ3) is 3.13. The third-order valence-corrected chi connectivity index (χ3v) is 6.93. The number of piperidine rings is 1. The Kier molecular flexibility index (Phi) is 4.47. The first-order chi connectivity index (χ1) is 14.2. The Hall–Kier alpha value is -2.34. The number of fused-ring (bicyclic) bond motifs is 6. The summed E-state index contributed by atoms with van der Waals surface area (Å²) in [5, 5.41) is 1.14. The molecule has 2 fully saturated rings. The predicted octanol–water partition coefficient (Wildman–Crippen LogP) is 4.30. The highest BCUT2D eigenvalue weighted by atomic mass is 16.6. The van der Waals surface area contributed by atoms with Crippen LogP contribution < -0.4 is 0 Å². The minimum Gasteiger partial charge on any atom is -0.462 e. The second-order valence-electron chi connectivity index (χ2n) is 10.0. The fraction of sp³-hybridized carbons (Fsp3) is 0.583. The van der Waals surface area contributed by atoms with Crippen molar-refractivity contribution < 1.29 is 19.1 Å². The van der Waals surface area contributed by atoms with E-state index in [2.05, 4.69) is 11.0 Å². The zero-order valence-electron chi connectivity index (χ0n) is 18.2. The first-order valence-corrected chi connectivity index (χ1v) is 11.0. The lowest BCUT2D eigenvalue weighted by molar-refractivity contribution is -0.167. The second kappa shape index (κ2) is 6.84. The van der Waals surface area contributed by atoms with Crippen LogP contribution in [0, 0.1) is 11.8 Å². The van der Waals surface area contributed by atoms with Gasteiger partial charge in [0.15, 0.2) is 0 Å². The fourth-order valence-corrected chi connectivity index (χ4v) is 5.71. The lowest BCUT2D eigenvalue weighted by Crippen LogP contribution is -2.52. The molecule has 3 aliphatic rings. The lowest BCUT2D eigenvalue weighted by atomic mass is 9.73. The van der Waals surface area contributed by atoms with E-state index in [1.807, 2.05) is 45.9 Å².